The number of carboxylic acids is 1. The van der Waals surface area contributed by atoms with Gasteiger partial charge >= 0.3 is 23.9 Å². The fraction of sp³-hybridized carbons (Fsp3) is 0.200. The maximum Gasteiger partial charge on any atom is 0.346 e. The van der Waals surface area contributed by atoms with Crippen molar-refractivity contribution >= 4 is 23.9 Å². The quantitative estimate of drug-likeness (QED) is 0.447. The molecule has 23 heavy (non-hydrogen) atoms. The molecule has 0 heterocycles. The van der Waals surface area contributed by atoms with Gasteiger partial charge < -0.3 is 19.7 Å². The first-order chi connectivity index (χ1) is 10.8. The van der Waals surface area contributed by atoms with Crippen LogP contribution in [0.15, 0.2) is 30.4 Å². The maximum absolute atomic E-state index is 12.0. The number of carboxylic acid groups (broad SMARTS) is 1. The van der Waals surface area contributed by atoms with Crippen molar-refractivity contribution in [2.24, 2.45) is 0 Å². The van der Waals surface area contributed by atoms with E-state index in [0.29, 0.717) is 0 Å². The second kappa shape index (κ2) is 7.85. The lowest BCUT2D eigenvalue weighted by Gasteiger charge is -2.09. The zero-order valence-electron chi connectivity index (χ0n) is 12.2. The molecule has 0 spiro atoms. The van der Waals surface area contributed by atoms with Gasteiger partial charge in [-0.15, -0.1) is 0 Å². The van der Waals surface area contributed by atoms with Crippen LogP contribution in [0.4, 0.5) is 0 Å². The van der Waals surface area contributed by atoms with Crippen molar-refractivity contribution in [1.29, 1.82) is 0 Å². The Balaban J connectivity index is 3.21. The number of esters is 3. The Morgan fingerprint density at radius 3 is 2.30 bits per heavy atom. The number of benzene rings is 1. The zero-order chi connectivity index (χ0) is 17.6. The number of carbonyl (C=O) groups is 4. The van der Waals surface area contributed by atoms with Crippen molar-refractivity contribution in [3.63, 3.8) is 0 Å². The second-order valence-corrected chi connectivity index (χ2v) is 4.38. The number of hydrogen-bond acceptors (Lipinski definition) is 7. The lowest BCUT2D eigenvalue weighted by Crippen LogP contribution is -2.19. The summed E-state index contributed by atoms with van der Waals surface area (Å²) in [6, 6.07) is 3.03. The molecule has 1 aromatic carbocycles. The first-order valence-electron chi connectivity index (χ1n) is 6.35. The van der Waals surface area contributed by atoms with E-state index in [1.807, 2.05) is 0 Å². The molecule has 8 heteroatoms. The lowest BCUT2D eigenvalue weighted by atomic mass is 10.0. The Morgan fingerprint density at radius 2 is 1.78 bits per heavy atom. The van der Waals surface area contributed by atoms with Gasteiger partial charge in [0.05, 0.1) is 23.3 Å². The predicted octanol–water partition coefficient (Wildman–Crippen LogP) is 0.793. The first kappa shape index (κ1) is 18.1. The molecule has 0 amide bonds. The van der Waals surface area contributed by atoms with E-state index in [9.17, 15) is 19.2 Å². The second-order valence-electron chi connectivity index (χ2n) is 4.38. The average Bonchev–Trinajstić information content (AvgIpc) is 2.51. The summed E-state index contributed by atoms with van der Waals surface area (Å²) in [5, 5.41) is 17.6. The Hall–Kier alpha value is -3.00. The van der Waals surface area contributed by atoms with Gasteiger partial charge in [0, 0.05) is 5.57 Å². The molecule has 8 nitrogen and oxygen atoms in total. The largest absolute Gasteiger partial charge is 0.478 e. The minimum Gasteiger partial charge on any atom is -0.478 e. The van der Waals surface area contributed by atoms with Crippen LogP contribution in [0.1, 0.15) is 38.0 Å². The number of hydrogen-bond donors (Lipinski definition) is 2. The number of aromatic carboxylic acids is 1. The van der Waals surface area contributed by atoms with E-state index in [-0.39, 0.29) is 23.3 Å². The molecule has 0 saturated heterocycles. The number of aliphatic hydroxyl groups is 1. The van der Waals surface area contributed by atoms with Crippen LogP contribution in [0.3, 0.4) is 0 Å². The highest BCUT2D eigenvalue weighted by Gasteiger charge is 2.23. The third-order valence-electron chi connectivity index (χ3n) is 2.56. The predicted molar refractivity (Wildman–Crippen MR) is 76.0 cm³/mol. The number of rotatable bonds is 6. The van der Waals surface area contributed by atoms with Gasteiger partial charge in [-0.3, -0.25) is 0 Å². The summed E-state index contributed by atoms with van der Waals surface area (Å²) in [7, 11) is 0. The van der Waals surface area contributed by atoms with Crippen molar-refractivity contribution in [1.82, 2.24) is 0 Å². The number of carbonyl (C=O) groups excluding carboxylic acids is 3. The normalized spacial score (nSPS) is 9.83. The van der Waals surface area contributed by atoms with Gasteiger partial charge in [0.25, 0.3) is 0 Å². The molecule has 1 rings (SSSR count). The van der Waals surface area contributed by atoms with Crippen LogP contribution in [-0.2, 0) is 14.3 Å². The minimum absolute atomic E-state index is 0.0232. The summed E-state index contributed by atoms with van der Waals surface area (Å²) in [5.74, 6) is -4.48. The summed E-state index contributed by atoms with van der Waals surface area (Å²) >= 11 is 0. The fourth-order valence-corrected chi connectivity index (χ4v) is 1.47. The van der Waals surface area contributed by atoms with Crippen molar-refractivity contribution in [2.45, 2.75) is 6.92 Å². The molecule has 0 aliphatic heterocycles. The standard InChI is InChI=1S/C15H14O8/c1-8(2)13(19)23-15(21)10-4-3-9(12(17)18)7-11(10)14(20)22-6-5-16/h3-4,7,16H,1,5-6H2,2H3,(H,17,18). The molecule has 1 aromatic rings. The van der Waals surface area contributed by atoms with E-state index >= 15 is 0 Å². The molecule has 0 unspecified atom stereocenters. The van der Waals surface area contributed by atoms with Gasteiger partial charge in [-0.05, 0) is 25.1 Å². The molecule has 0 aliphatic carbocycles. The van der Waals surface area contributed by atoms with Crippen molar-refractivity contribution in [3.05, 3.63) is 47.0 Å². The third-order valence-corrected chi connectivity index (χ3v) is 2.56. The van der Waals surface area contributed by atoms with Gasteiger partial charge in [0.1, 0.15) is 6.61 Å². The molecule has 122 valence electrons. The van der Waals surface area contributed by atoms with E-state index < -0.39 is 36.0 Å². The molecule has 0 aromatic heterocycles. The molecule has 0 atom stereocenters. The fourth-order valence-electron chi connectivity index (χ4n) is 1.47. The summed E-state index contributed by atoms with van der Waals surface area (Å²) in [4.78, 5) is 46.2. The summed E-state index contributed by atoms with van der Waals surface area (Å²) in [6.07, 6.45) is 0. The van der Waals surface area contributed by atoms with Gasteiger partial charge in [0.2, 0.25) is 0 Å². The van der Waals surface area contributed by atoms with Crippen LogP contribution in [0.2, 0.25) is 0 Å². The van der Waals surface area contributed by atoms with Gasteiger partial charge in [-0.1, -0.05) is 6.58 Å². The van der Waals surface area contributed by atoms with E-state index in [1.54, 1.807) is 0 Å². The van der Waals surface area contributed by atoms with Crippen molar-refractivity contribution < 1.29 is 38.9 Å². The topological polar surface area (TPSA) is 127 Å². The molecular weight excluding hydrogens is 308 g/mol. The average molecular weight is 322 g/mol. The van der Waals surface area contributed by atoms with Crippen molar-refractivity contribution in [3.8, 4) is 0 Å². The number of ether oxygens (including phenoxy) is 2. The summed E-state index contributed by atoms with van der Waals surface area (Å²) < 4.78 is 9.17. The molecule has 2 N–H and O–H groups in total. The van der Waals surface area contributed by atoms with Crippen LogP contribution < -0.4 is 0 Å². The SMILES string of the molecule is C=C(C)C(=O)OC(=O)c1ccc(C(=O)O)cc1C(=O)OCCO. The smallest absolute Gasteiger partial charge is 0.346 e. The Morgan fingerprint density at radius 1 is 1.13 bits per heavy atom. The number of aliphatic hydroxyl groups excluding tert-OH is 1. The Kier molecular flexibility index (Phi) is 6.16. The Bertz CT molecular complexity index is 674. The van der Waals surface area contributed by atoms with Crippen LogP contribution in [0.5, 0.6) is 0 Å². The van der Waals surface area contributed by atoms with Gasteiger partial charge in [0.15, 0.2) is 0 Å². The molecule has 0 saturated carbocycles. The van der Waals surface area contributed by atoms with Gasteiger partial charge in [-0.2, -0.15) is 0 Å². The molecular formula is C15H14O8. The lowest BCUT2D eigenvalue weighted by molar-refractivity contribution is -0.133. The molecule has 0 bridgehead atoms. The minimum atomic E-state index is -1.32. The van der Waals surface area contributed by atoms with Crippen LogP contribution in [0, 0.1) is 0 Å². The van der Waals surface area contributed by atoms with Gasteiger partial charge in [-0.25, -0.2) is 19.2 Å². The zero-order valence-corrected chi connectivity index (χ0v) is 12.2. The van der Waals surface area contributed by atoms with Crippen molar-refractivity contribution in [2.75, 3.05) is 13.2 Å². The maximum atomic E-state index is 12.0. The van der Waals surface area contributed by atoms with Crippen LogP contribution in [-0.4, -0.2) is 47.3 Å². The summed E-state index contributed by atoms with van der Waals surface area (Å²) in [6.45, 7) is 3.86. The first-order valence-corrected chi connectivity index (χ1v) is 6.35. The highest BCUT2D eigenvalue weighted by Crippen LogP contribution is 2.16. The van der Waals surface area contributed by atoms with E-state index in [2.05, 4.69) is 16.1 Å². The van der Waals surface area contributed by atoms with E-state index in [4.69, 9.17) is 10.2 Å². The van der Waals surface area contributed by atoms with Crippen LogP contribution >= 0.6 is 0 Å². The molecule has 0 radical (unpaired) electrons. The van der Waals surface area contributed by atoms with E-state index in [0.717, 1.165) is 18.2 Å². The monoisotopic (exact) mass is 322 g/mol. The molecule has 0 aliphatic rings. The highest BCUT2D eigenvalue weighted by atomic mass is 16.6. The Labute approximate surface area is 130 Å². The molecule has 0 fully saturated rings. The third kappa shape index (κ3) is 4.75. The summed E-state index contributed by atoms with van der Waals surface area (Å²) in [5.41, 5.74) is -1.01. The highest BCUT2D eigenvalue weighted by molar-refractivity contribution is 6.08. The van der Waals surface area contributed by atoms with Crippen LogP contribution in [0.25, 0.3) is 0 Å². The van der Waals surface area contributed by atoms with E-state index in [1.165, 1.54) is 6.92 Å².